The van der Waals surface area contributed by atoms with E-state index in [4.69, 9.17) is 4.74 Å². The molecule has 0 spiro atoms. The molecule has 23 heavy (non-hydrogen) atoms. The van der Waals surface area contributed by atoms with E-state index in [1.807, 2.05) is 42.5 Å². The monoisotopic (exact) mass is 304 g/mol. The molecule has 0 amide bonds. The average Bonchev–Trinajstić information content (AvgIpc) is 2.57. The van der Waals surface area contributed by atoms with E-state index >= 15 is 0 Å². The molecule has 0 radical (unpaired) electrons. The summed E-state index contributed by atoms with van der Waals surface area (Å²) in [5.41, 5.74) is 4.11. The van der Waals surface area contributed by atoms with Crippen molar-refractivity contribution in [1.29, 1.82) is 0 Å². The van der Waals surface area contributed by atoms with Gasteiger partial charge in [-0.1, -0.05) is 48.2 Å². The SMILES string of the molecule is CO/C=C/Cc1ccccc1CC#Cc1ccc(C(C)=O)cc1. The van der Waals surface area contributed by atoms with Crippen LogP contribution in [0, 0.1) is 11.8 Å². The zero-order valence-corrected chi connectivity index (χ0v) is 13.5. The van der Waals surface area contributed by atoms with Gasteiger partial charge in [-0.15, -0.1) is 0 Å². The van der Waals surface area contributed by atoms with Crippen LogP contribution in [-0.4, -0.2) is 12.9 Å². The van der Waals surface area contributed by atoms with Crippen LogP contribution in [0.2, 0.25) is 0 Å². The van der Waals surface area contributed by atoms with Crippen molar-refractivity contribution in [2.45, 2.75) is 19.8 Å². The Morgan fingerprint density at radius 1 is 1.09 bits per heavy atom. The third kappa shape index (κ3) is 5.16. The van der Waals surface area contributed by atoms with E-state index in [-0.39, 0.29) is 5.78 Å². The second kappa shape index (κ2) is 8.60. The van der Waals surface area contributed by atoms with Crippen LogP contribution in [0.3, 0.4) is 0 Å². The second-order valence-corrected chi connectivity index (χ2v) is 5.19. The van der Waals surface area contributed by atoms with E-state index < -0.39 is 0 Å². The molecule has 0 N–H and O–H groups in total. The van der Waals surface area contributed by atoms with Gasteiger partial charge in [0.1, 0.15) is 0 Å². The van der Waals surface area contributed by atoms with Gasteiger partial charge in [0.25, 0.3) is 0 Å². The van der Waals surface area contributed by atoms with Crippen LogP contribution in [0.25, 0.3) is 0 Å². The molecular weight excluding hydrogens is 284 g/mol. The molecule has 0 aliphatic carbocycles. The number of carbonyl (C=O) groups excluding carboxylic acids is 1. The third-order valence-electron chi connectivity index (χ3n) is 3.49. The number of Topliss-reactive ketones (excluding diaryl/α,β-unsaturated/α-hetero) is 1. The van der Waals surface area contributed by atoms with Gasteiger partial charge in [0.15, 0.2) is 5.78 Å². The van der Waals surface area contributed by atoms with Crippen molar-refractivity contribution in [3.05, 3.63) is 83.1 Å². The normalized spacial score (nSPS) is 10.2. The number of methoxy groups -OCH3 is 1. The van der Waals surface area contributed by atoms with Crippen LogP contribution in [0.5, 0.6) is 0 Å². The van der Waals surface area contributed by atoms with E-state index in [1.165, 1.54) is 11.1 Å². The number of carbonyl (C=O) groups is 1. The van der Waals surface area contributed by atoms with Crippen molar-refractivity contribution >= 4 is 5.78 Å². The van der Waals surface area contributed by atoms with Crippen LogP contribution < -0.4 is 0 Å². The second-order valence-electron chi connectivity index (χ2n) is 5.19. The standard InChI is InChI=1S/C21H20O2/c1-17(22)19-14-12-18(13-15-19)7-5-10-20-8-3-4-9-21(20)11-6-16-23-2/h3-4,6,8-9,12-16H,10-11H2,1-2H3/b16-6+. The van der Waals surface area contributed by atoms with Crippen LogP contribution in [0.4, 0.5) is 0 Å². The van der Waals surface area contributed by atoms with E-state index in [0.717, 1.165) is 12.0 Å². The quantitative estimate of drug-likeness (QED) is 0.470. The Balaban J connectivity index is 2.06. The molecule has 2 aromatic rings. The summed E-state index contributed by atoms with van der Waals surface area (Å²) in [6, 6.07) is 15.7. The Hall–Kier alpha value is -2.79. The molecule has 116 valence electrons. The smallest absolute Gasteiger partial charge is 0.159 e. The maximum Gasteiger partial charge on any atom is 0.159 e. The first kappa shape index (κ1) is 16.6. The number of ether oxygens (including phenoxy) is 1. The molecule has 0 heterocycles. The summed E-state index contributed by atoms with van der Waals surface area (Å²) in [6.07, 6.45) is 5.22. The fourth-order valence-corrected chi connectivity index (χ4v) is 2.23. The minimum atomic E-state index is 0.0718. The largest absolute Gasteiger partial charge is 0.505 e. The van der Waals surface area contributed by atoms with E-state index in [9.17, 15) is 4.79 Å². The molecule has 0 aliphatic heterocycles. The van der Waals surface area contributed by atoms with Crippen LogP contribution >= 0.6 is 0 Å². The summed E-state index contributed by atoms with van der Waals surface area (Å²) in [5.74, 6) is 6.43. The van der Waals surface area contributed by atoms with Crippen molar-refractivity contribution in [1.82, 2.24) is 0 Å². The van der Waals surface area contributed by atoms with Gasteiger partial charge in [-0.3, -0.25) is 4.79 Å². The predicted octanol–water partition coefficient (Wildman–Crippen LogP) is 4.19. The molecule has 0 aromatic heterocycles. The number of allylic oxidation sites excluding steroid dienone is 1. The van der Waals surface area contributed by atoms with Gasteiger partial charge < -0.3 is 4.74 Å². The zero-order chi connectivity index (χ0) is 16.5. The zero-order valence-electron chi connectivity index (χ0n) is 13.5. The summed E-state index contributed by atoms with van der Waals surface area (Å²) >= 11 is 0. The summed E-state index contributed by atoms with van der Waals surface area (Å²) in [5, 5.41) is 0. The first-order valence-corrected chi connectivity index (χ1v) is 7.55. The Kier molecular flexibility index (Phi) is 6.20. The number of benzene rings is 2. The maximum atomic E-state index is 11.3. The van der Waals surface area contributed by atoms with E-state index in [2.05, 4.69) is 24.0 Å². The Morgan fingerprint density at radius 3 is 2.43 bits per heavy atom. The predicted molar refractivity (Wildman–Crippen MR) is 93.3 cm³/mol. The van der Waals surface area contributed by atoms with E-state index in [0.29, 0.717) is 12.0 Å². The van der Waals surface area contributed by atoms with Crippen molar-refractivity contribution in [3.63, 3.8) is 0 Å². The lowest BCUT2D eigenvalue weighted by atomic mass is 10.0. The molecule has 2 rings (SSSR count). The molecule has 0 saturated heterocycles. The summed E-state index contributed by atoms with van der Waals surface area (Å²) in [4.78, 5) is 11.3. The fraction of sp³-hybridized carbons (Fsp3) is 0.190. The number of ketones is 1. The molecule has 0 saturated carbocycles. The molecule has 0 fully saturated rings. The van der Waals surface area contributed by atoms with Crippen LogP contribution in [0.1, 0.15) is 34.0 Å². The topological polar surface area (TPSA) is 26.3 Å². The first-order chi connectivity index (χ1) is 11.2. The minimum absolute atomic E-state index is 0.0718. The van der Waals surface area contributed by atoms with Crippen molar-refractivity contribution < 1.29 is 9.53 Å². The summed E-state index contributed by atoms with van der Waals surface area (Å²) in [7, 11) is 1.64. The van der Waals surface area contributed by atoms with Gasteiger partial charge in [0.2, 0.25) is 0 Å². The lowest BCUT2D eigenvalue weighted by molar-refractivity contribution is 0.101. The van der Waals surface area contributed by atoms with Crippen molar-refractivity contribution in [2.75, 3.05) is 7.11 Å². The number of hydrogen-bond acceptors (Lipinski definition) is 2. The van der Waals surface area contributed by atoms with Gasteiger partial charge in [-0.05, 0) is 42.7 Å². The first-order valence-electron chi connectivity index (χ1n) is 7.55. The molecule has 0 bridgehead atoms. The molecule has 2 aromatic carbocycles. The summed E-state index contributed by atoms with van der Waals surface area (Å²) in [6.45, 7) is 1.57. The molecule has 2 nitrogen and oxygen atoms in total. The van der Waals surface area contributed by atoms with Gasteiger partial charge in [-0.25, -0.2) is 0 Å². The highest BCUT2D eigenvalue weighted by atomic mass is 16.5. The van der Waals surface area contributed by atoms with E-state index in [1.54, 1.807) is 20.3 Å². The Morgan fingerprint density at radius 2 is 1.78 bits per heavy atom. The van der Waals surface area contributed by atoms with Gasteiger partial charge in [0.05, 0.1) is 13.4 Å². The maximum absolute atomic E-state index is 11.3. The van der Waals surface area contributed by atoms with Gasteiger partial charge in [-0.2, -0.15) is 0 Å². The minimum Gasteiger partial charge on any atom is -0.505 e. The highest BCUT2D eigenvalue weighted by Gasteiger charge is 1.99. The molecular formula is C21H20O2. The van der Waals surface area contributed by atoms with Gasteiger partial charge >= 0.3 is 0 Å². The fourth-order valence-electron chi connectivity index (χ4n) is 2.23. The van der Waals surface area contributed by atoms with Gasteiger partial charge in [0, 0.05) is 17.5 Å². The number of rotatable bonds is 5. The lowest BCUT2D eigenvalue weighted by Gasteiger charge is -2.03. The molecule has 2 heteroatoms. The lowest BCUT2D eigenvalue weighted by Crippen LogP contribution is -1.92. The molecule has 0 atom stereocenters. The Labute approximate surface area is 137 Å². The molecule has 0 aliphatic rings. The average molecular weight is 304 g/mol. The Bertz CT molecular complexity index is 743. The highest BCUT2D eigenvalue weighted by Crippen LogP contribution is 2.11. The van der Waals surface area contributed by atoms with Crippen molar-refractivity contribution in [3.8, 4) is 11.8 Å². The van der Waals surface area contributed by atoms with Crippen LogP contribution in [0.15, 0.2) is 60.9 Å². The third-order valence-corrected chi connectivity index (χ3v) is 3.49. The number of hydrogen-bond donors (Lipinski definition) is 0. The highest BCUT2D eigenvalue weighted by molar-refractivity contribution is 5.94. The van der Waals surface area contributed by atoms with Crippen LogP contribution in [-0.2, 0) is 17.6 Å². The molecule has 0 unspecified atom stereocenters. The van der Waals surface area contributed by atoms with Crippen molar-refractivity contribution in [2.24, 2.45) is 0 Å². The summed E-state index contributed by atoms with van der Waals surface area (Å²) < 4.78 is 4.94.